The van der Waals surface area contributed by atoms with Crippen LogP contribution in [0.5, 0.6) is 0 Å². The lowest BCUT2D eigenvalue weighted by Crippen LogP contribution is -2.21. The van der Waals surface area contributed by atoms with Crippen molar-refractivity contribution in [2.45, 2.75) is 45.4 Å². The number of nitrogens with one attached hydrogen (secondary N) is 1. The molecule has 1 saturated carbocycles. The molecule has 0 bridgehead atoms. The molecule has 0 aromatic rings. The summed E-state index contributed by atoms with van der Waals surface area (Å²) < 4.78 is 0. The molecule has 0 aromatic carbocycles. The summed E-state index contributed by atoms with van der Waals surface area (Å²) in [5, 5.41) is 3.19. The minimum atomic E-state index is 0.748. The van der Waals surface area contributed by atoms with Gasteiger partial charge in [-0.3, -0.25) is 0 Å². The maximum absolute atomic E-state index is 4.06. The highest BCUT2D eigenvalue weighted by Gasteiger charge is 2.21. The summed E-state index contributed by atoms with van der Waals surface area (Å²) in [5.74, 6) is 1.75. The standard InChI is InChI=1S/C12H23N/c1-4-5-11-6-8-12(9-7-11)10(2)13-3/h11-13H,2,4-9H2,1,3H3. The van der Waals surface area contributed by atoms with Gasteiger partial charge in [0, 0.05) is 12.7 Å². The SMILES string of the molecule is C=C(NC)C1CCC(CCC)CC1. The van der Waals surface area contributed by atoms with Crippen LogP contribution in [0.25, 0.3) is 0 Å². The van der Waals surface area contributed by atoms with Gasteiger partial charge in [0.1, 0.15) is 0 Å². The number of allylic oxidation sites excluding steroid dienone is 1. The van der Waals surface area contributed by atoms with E-state index < -0.39 is 0 Å². The molecule has 1 N–H and O–H groups in total. The van der Waals surface area contributed by atoms with Crippen LogP contribution in [0, 0.1) is 11.8 Å². The van der Waals surface area contributed by atoms with E-state index in [0.29, 0.717) is 0 Å². The highest BCUT2D eigenvalue weighted by atomic mass is 14.8. The summed E-state index contributed by atoms with van der Waals surface area (Å²) in [5.41, 5.74) is 1.25. The van der Waals surface area contributed by atoms with Crippen molar-refractivity contribution in [2.75, 3.05) is 7.05 Å². The zero-order chi connectivity index (χ0) is 9.68. The van der Waals surface area contributed by atoms with E-state index in [1.54, 1.807) is 0 Å². The molecule has 13 heavy (non-hydrogen) atoms. The third kappa shape index (κ3) is 3.06. The second-order valence-corrected chi connectivity index (χ2v) is 4.28. The maximum atomic E-state index is 4.06. The van der Waals surface area contributed by atoms with Gasteiger partial charge in [-0.25, -0.2) is 0 Å². The Morgan fingerprint density at radius 1 is 1.31 bits per heavy atom. The summed E-state index contributed by atoms with van der Waals surface area (Å²) in [7, 11) is 1.99. The van der Waals surface area contributed by atoms with Crippen LogP contribution in [0.2, 0.25) is 0 Å². The zero-order valence-electron chi connectivity index (χ0n) is 9.10. The first kappa shape index (κ1) is 10.6. The van der Waals surface area contributed by atoms with Crippen LogP contribution in [-0.2, 0) is 0 Å². The minimum Gasteiger partial charge on any atom is -0.392 e. The fourth-order valence-electron chi connectivity index (χ4n) is 2.41. The van der Waals surface area contributed by atoms with Crippen LogP contribution >= 0.6 is 0 Å². The molecule has 0 radical (unpaired) electrons. The molecule has 1 rings (SSSR count). The van der Waals surface area contributed by atoms with Crippen LogP contribution in [0.4, 0.5) is 0 Å². The van der Waals surface area contributed by atoms with Gasteiger partial charge in [0.2, 0.25) is 0 Å². The fourth-order valence-corrected chi connectivity index (χ4v) is 2.41. The average molecular weight is 181 g/mol. The topological polar surface area (TPSA) is 12.0 Å². The zero-order valence-corrected chi connectivity index (χ0v) is 9.10. The summed E-state index contributed by atoms with van der Waals surface area (Å²) in [6.45, 7) is 6.35. The number of hydrogen-bond donors (Lipinski definition) is 1. The van der Waals surface area contributed by atoms with Gasteiger partial charge in [-0.05, 0) is 37.5 Å². The van der Waals surface area contributed by atoms with Crippen molar-refractivity contribution in [1.82, 2.24) is 5.32 Å². The van der Waals surface area contributed by atoms with E-state index >= 15 is 0 Å². The molecule has 0 aromatic heterocycles. The molecule has 0 unspecified atom stereocenters. The van der Waals surface area contributed by atoms with Gasteiger partial charge in [-0.2, -0.15) is 0 Å². The Hall–Kier alpha value is -0.460. The lowest BCUT2D eigenvalue weighted by molar-refractivity contribution is 0.281. The van der Waals surface area contributed by atoms with Gasteiger partial charge >= 0.3 is 0 Å². The quantitative estimate of drug-likeness (QED) is 0.701. The van der Waals surface area contributed by atoms with Crippen molar-refractivity contribution in [3.8, 4) is 0 Å². The third-order valence-corrected chi connectivity index (χ3v) is 3.36. The van der Waals surface area contributed by atoms with Gasteiger partial charge < -0.3 is 5.32 Å². The summed E-state index contributed by atoms with van der Waals surface area (Å²) in [4.78, 5) is 0. The molecule has 0 spiro atoms. The molecule has 1 aliphatic rings. The highest BCUT2D eigenvalue weighted by Crippen LogP contribution is 2.33. The van der Waals surface area contributed by atoms with E-state index in [1.807, 2.05) is 7.05 Å². The monoisotopic (exact) mass is 181 g/mol. The Balaban J connectivity index is 2.26. The Morgan fingerprint density at radius 3 is 2.38 bits per heavy atom. The molecule has 0 aliphatic heterocycles. The summed E-state index contributed by atoms with van der Waals surface area (Å²) in [6, 6.07) is 0. The average Bonchev–Trinajstić information content (AvgIpc) is 2.18. The minimum absolute atomic E-state index is 0.748. The Kier molecular flexibility index (Phi) is 4.34. The molecule has 1 nitrogen and oxygen atoms in total. The lowest BCUT2D eigenvalue weighted by atomic mass is 9.79. The predicted octanol–water partition coefficient (Wildman–Crippen LogP) is 3.33. The molecule has 0 amide bonds. The van der Waals surface area contributed by atoms with E-state index in [-0.39, 0.29) is 0 Å². The molecule has 1 heteroatoms. The van der Waals surface area contributed by atoms with E-state index in [1.165, 1.54) is 44.2 Å². The first-order valence-corrected chi connectivity index (χ1v) is 5.64. The van der Waals surface area contributed by atoms with Crippen molar-refractivity contribution >= 4 is 0 Å². The van der Waals surface area contributed by atoms with Crippen LogP contribution in [0.1, 0.15) is 45.4 Å². The second-order valence-electron chi connectivity index (χ2n) is 4.28. The van der Waals surface area contributed by atoms with Gasteiger partial charge in [0.15, 0.2) is 0 Å². The Labute approximate surface area is 82.6 Å². The molecule has 0 saturated heterocycles. The Bertz CT molecular complexity index is 155. The number of rotatable bonds is 4. The lowest BCUT2D eigenvalue weighted by Gasteiger charge is -2.29. The second kappa shape index (κ2) is 5.31. The van der Waals surface area contributed by atoms with Crippen molar-refractivity contribution in [3.05, 3.63) is 12.3 Å². The Morgan fingerprint density at radius 2 is 1.92 bits per heavy atom. The summed E-state index contributed by atoms with van der Waals surface area (Å²) in [6.07, 6.45) is 8.31. The van der Waals surface area contributed by atoms with E-state index in [2.05, 4.69) is 18.8 Å². The first-order chi connectivity index (χ1) is 6.27. The van der Waals surface area contributed by atoms with Crippen LogP contribution in [0.15, 0.2) is 12.3 Å². The number of hydrogen-bond acceptors (Lipinski definition) is 1. The van der Waals surface area contributed by atoms with Gasteiger partial charge in [-0.1, -0.05) is 26.3 Å². The molecule has 1 aliphatic carbocycles. The maximum Gasteiger partial charge on any atom is 0.00625 e. The van der Waals surface area contributed by atoms with Crippen molar-refractivity contribution in [3.63, 3.8) is 0 Å². The largest absolute Gasteiger partial charge is 0.392 e. The summed E-state index contributed by atoms with van der Waals surface area (Å²) >= 11 is 0. The van der Waals surface area contributed by atoms with E-state index in [4.69, 9.17) is 0 Å². The van der Waals surface area contributed by atoms with Crippen molar-refractivity contribution in [1.29, 1.82) is 0 Å². The molecule has 76 valence electrons. The first-order valence-electron chi connectivity index (χ1n) is 5.64. The van der Waals surface area contributed by atoms with Crippen LogP contribution in [0.3, 0.4) is 0 Å². The van der Waals surface area contributed by atoms with Crippen molar-refractivity contribution in [2.24, 2.45) is 11.8 Å². The third-order valence-electron chi connectivity index (χ3n) is 3.36. The van der Waals surface area contributed by atoms with Crippen LogP contribution < -0.4 is 5.32 Å². The van der Waals surface area contributed by atoms with Gasteiger partial charge in [0.05, 0.1) is 0 Å². The molecule has 0 heterocycles. The van der Waals surface area contributed by atoms with Crippen molar-refractivity contribution < 1.29 is 0 Å². The van der Waals surface area contributed by atoms with Crippen LogP contribution in [-0.4, -0.2) is 7.05 Å². The van der Waals surface area contributed by atoms with E-state index in [0.717, 1.165) is 11.8 Å². The van der Waals surface area contributed by atoms with Gasteiger partial charge in [-0.15, -0.1) is 0 Å². The molecular weight excluding hydrogens is 158 g/mol. The predicted molar refractivity (Wildman–Crippen MR) is 58.6 cm³/mol. The smallest absolute Gasteiger partial charge is 0.00625 e. The van der Waals surface area contributed by atoms with E-state index in [9.17, 15) is 0 Å². The van der Waals surface area contributed by atoms with Gasteiger partial charge in [0.25, 0.3) is 0 Å². The highest BCUT2D eigenvalue weighted by molar-refractivity contribution is 4.98. The molecular formula is C12H23N. The normalized spacial score (nSPS) is 28.5. The molecule has 1 fully saturated rings. The molecule has 0 atom stereocenters. The fraction of sp³-hybridized carbons (Fsp3) is 0.833.